The Bertz CT molecular complexity index is 968. The topological polar surface area (TPSA) is 175 Å². The number of hydrogen-bond acceptors (Lipinski definition) is 12. The fraction of sp³-hybridized carbons (Fsp3) is 0.731. The van der Waals surface area contributed by atoms with E-state index in [2.05, 4.69) is 5.32 Å². The second-order valence-electron chi connectivity index (χ2n) is 10.2. The molecule has 14 heteroatoms. The van der Waals surface area contributed by atoms with Gasteiger partial charge in [0.25, 0.3) is 0 Å². The van der Waals surface area contributed by atoms with Crippen LogP contribution in [0.3, 0.4) is 0 Å². The smallest absolute Gasteiger partial charge is 0.221 e. The molecule has 1 amide bonds. The molecule has 0 saturated carbocycles. The van der Waals surface area contributed by atoms with Crippen molar-refractivity contribution in [1.29, 1.82) is 0 Å². The third kappa shape index (κ3) is 8.53. The maximum absolute atomic E-state index is 11.4. The van der Waals surface area contributed by atoms with Gasteiger partial charge in [-0.1, -0.05) is 17.7 Å². The monoisotopic (exact) mass is 593 g/mol. The molecule has 0 spiro atoms. The third-order valence-corrected chi connectivity index (χ3v) is 6.88. The zero-order valence-electron chi connectivity index (χ0n) is 23.2. The molecule has 228 valence electrons. The molecule has 13 nitrogen and oxygen atoms in total. The summed E-state index contributed by atoms with van der Waals surface area (Å²) in [5.41, 5.74) is 1.02. The number of ether oxygens (including phenoxy) is 7. The predicted molar refractivity (Wildman–Crippen MR) is 140 cm³/mol. The Balaban J connectivity index is 1.67. The minimum absolute atomic E-state index is 0.0452. The van der Waals surface area contributed by atoms with Gasteiger partial charge in [0.1, 0.15) is 36.6 Å². The van der Waals surface area contributed by atoms with Crippen molar-refractivity contribution in [2.24, 2.45) is 0 Å². The minimum Gasteiger partial charge on any atom is -0.387 e. The highest BCUT2D eigenvalue weighted by Crippen LogP contribution is 2.30. The maximum Gasteiger partial charge on any atom is 0.221 e. The zero-order valence-corrected chi connectivity index (χ0v) is 23.9. The number of carbonyl (C=O) groups is 1. The van der Waals surface area contributed by atoms with Gasteiger partial charge in [-0.15, -0.1) is 0 Å². The second kappa shape index (κ2) is 14.6. The summed E-state index contributed by atoms with van der Waals surface area (Å²) in [6, 6.07) is 4.89. The fourth-order valence-electron chi connectivity index (χ4n) is 4.57. The Morgan fingerprint density at radius 2 is 1.95 bits per heavy atom. The van der Waals surface area contributed by atoms with Crippen LogP contribution in [0.5, 0.6) is 0 Å². The molecule has 2 aliphatic rings. The van der Waals surface area contributed by atoms with Crippen molar-refractivity contribution in [1.82, 2.24) is 0 Å². The van der Waals surface area contributed by atoms with E-state index in [-0.39, 0.29) is 19.1 Å². The van der Waals surface area contributed by atoms with Crippen molar-refractivity contribution >= 4 is 23.2 Å². The molecular formula is C26H40ClNO12. The summed E-state index contributed by atoms with van der Waals surface area (Å²) in [5, 5.41) is 46.4. The first-order chi connectivity index (χ1) is 18.9. The summed E-state index contributed by atoms with van der Waals surface area (Å²) in [6.45, 7) is 4.97. The van der Waals surface area contributed by atoms with E-state index in [1.807, 2.05) is 0 Å². The minimum atomic E-state index is -1.58. The Kier molecular flexibility index (Phi) is 12.1. The van der Waals surface area contributed by atoms with Gasteiger partial charge in [0, 0.05) is 21.1 Å². The van der Waals surface area contributed by atoms with E-state index >= 15 is 0 Å². The molecule has 1 aromatic rings. The first-order valence-electron chi connectivity index (χ1n) is 12.9. The maximum atomic E-state index is 11.4. The van der Waals surface area contributed by atoms with Crippen molar-refractivity contribution in [3.05, 3.63) is 28.8 Å². The molecule has 2 aliphatic heterocycles. The summed E-state index contributed by atoms with van der Waals surface area (Å²) < 4.78 is 39.2. The number of rotatable bonds is 12. The quantitative estimate of drug-likeness (QED) is 0.213. The molecule has 40 heavy (non-hydrogen) atoms. The van der Waals surface area contributed by atoms with Crippen molar-refractivity contribution in [2.45, 2.75) is 94.9 Å². The number of anilines is 1. The normalized spacial score (nSPS) is 30.9. The van der Waals surface area contributed by atoms with E-state index in [0.29, 0.717) is 29.3 Å². The Morgan fingerprint density at radius 1 is 1.23 bits per heavy atom. The molecule has 0 bridgehead atoms. The summed E-state index contributed by atoms with van der Waals surface area (Å²) in [7, 11) is 2.68. The van der Waals surface area contributed by atoms with Crippen LogP contribution in [-0.4, -0.2) is 115 Å². The number of methoxy groups -OCH3 is 2. The van der Waals surface area contributed by atoms with Crippen molar-refractivity contribution in [3.63, 3.8) is 0 Å². The molecule has 2 fully saturated rings. The van der Waals surface area contributed by atoms with E-state index in [1.54, 1.807) is 32.0 Å². The van der Waals surface area contributed by atoms with Gasteiger partial charge >= 0.3 is 0 Å². The van der Waals surface area contributed by atoms with Crippen LogP contribution in [-0.2, 0) is 44.6 Å². The molecule has 2 heterocycles. The number of amides is 1. The van der Waals surface area contributed by atoms with Gasteiger partial charge in [0.05, 0.1) is 36.6 Å². The first kappa shape index (κ1) is 33.0. The van der Waals surface area contributed by atoms with Crippen LogP contribution in [0, 0.1) is 0 Å². The van der Waals surface area contributed by atoms with E-state index in [1.165, 1.54) is 21.1 Å². The molecule has 2 saturated heterocycles. The fourth-order valence-corrected chi connectivity index (χ4v) is 4.73. The molecule has 0 aromatic heterocycles. The van der Waals surface area contributed by atoms with Gasteiger partial charge in [0.15, 0.2) is 18.4 Å². The third-order valence-electron chi connectivity index (χ3n) is 6.55. The number of nitrogens with one attached hydrogen (secondary N) is 1. The van der Waals surface area contributed by atoms with Crippen molar-refractivity contribution < 1.29 is 58.4 Å². The zero-order chi connectivity index (χ0) is 29.6. The average molecular weight is 594 g/mol. The number of halogens is 1. The molecule has 0 aliphatic carbocycles. The highest BCUT2D eigenvalue weighted by molar-refractivity contribution is 6.33. The molecular weight excluding hydrogens is 554 g/mol. The summed E-state index contributed by atoms with van der Waals surface area (Å²) in [4.78, 5) is 11.4. The van der Waals surface area contributed by atoms with Crippen LogP contribution in [0.25, 0.3) is 0 Å². The lowest BCUT2D eigenvalue weighted by Crippen LogP contribution is -2.62. The van der Waals surface area contributed by atoms with Crippen molar-refractivity contribution in [2.75, 3.05) is 32.8 Å². The lowest BCUT2D eigenvalue weighted by molar-refractivity contribution is -0.343. The lowest BCUT2D eigenvalue weighted by Gasteiger charge is -2.44. The predicted octanol–water partition coefficient (Wildman–Crippen LogP) is 0.529. The Hall–Kier alpha value is -1.46. The van der Waals surface area contributed by atoms with E-state index in [9.17, 15) is 25.2 Å². The van der Waals surface area contributed by atoms with Crippen LogP contribution in [0.15, 0.2) is 18.2 Å². The highest BCUT2D eigenvalue weighted by atomic mass is 35.5. The van der Waals surface area contributed by atoms with Gasteiger partial charge in [0.2, 0.25) is 5.91 Å². The second-order valence-corrected chi connectivity index (χ2v) is 10.6. The van der Waals surface area contributed by atoms with Gasteiger partial charge in [-0.05, 0) is 38.0 Å². The number of carbonyl (C=O) groups excluding carboxylic acids is 1. The van der Waals surface area contributed by atoms with Crippen LogP contribution < -0.4 is 5.32 Å². The van der Waals surface area contributed by atoms with Gasteiger partial charge in [-0.25, -0.2) is 0 Å². The van der Waals surface area contributed by atoms with Crippen LogP contribution in [0.4, 0.5) is 5.69 Å². The Morgan fingerprint density at radius 3 is 2.58 bits per heavy atom. The average Bonchev–Trinajstić information content (AvgIpc) is 2.90. The lowest BCUT2D eigenvalue weighted by atomic mass is 9.98. The molecule has 9 atom stereocenters. The number of aliphatic hydroxyl groups excluding tert-OH is 4. The molecule has 5 N–H and O–H groups in total. The molecule has 1 aromatic carbocycles. The SMILES string of the molecule is COCC1OC(OCc2ccc(Cl)c(NC(C)=O)c2)C(O)C(O)C1OC(OC)C(O)C(O)C1CCOC(C)(C)O1. The van der Waals surface area contributed by atoms with E-state index in [0.717, 1.165) is 0 Å². The van der Waals surface area contributed by atoms with Crippen LogP contribution in [0.2, 0.25) is 5.02 Å². The van der Waals surface area contributed by atoms with E-state index < -0.39 is 61.1 Å². The molecule has 9 unspecified atom stereocenters. The van der Waals surface area contributed by atoms with Crippen molar-refractivity contribution in [3.8, 4) is 0 Å². The largest absolute Gasteiger partial charge is 0.387 e. The Labute approximate surface area is 238 Å². The number of hydrogen-bond donors (Lipinski definition) is 5. The summed E-state index contributed by atoms with van der Waals surface area (Å²) in [6.07, 6.45) is -11.4. The highest BCUT2D eigenvalue weighted by Gasteiger charge is 2.48. The van der Waals surface area contributed by atoms with Gasteiger partial charge in [-0.3, -0.25) is 4.79 Å². The summed E-state index contributed by atoms with van der Waals surface area (Å²) in [5.74, 6) is -1.24. The molecule has 3 rings (SSSR count). The van der Waals surface area contributed by atoms with Crippen LogP contribution >= 0.6 is 11.6 Å². The van der Waals surface area contributed by atoms with Crippen LogP contribution in [0.1, 0.15) is 32.8 Å². The van der Waals surface area contributed by atoms with Gasteiger partial charge in [-0.2, -0.15) is 0 Å². The summed E-state index contributed by atoms with van der Waals surface area (Å²) >= 11 is 6.12. The molecule has 0 radical (unpaired) electrons. The number of aliphatic hydroxyl groups is 4. The van der Waals surface area contributed by atoms with Gasteiger partial charge < -0.3 is 58.9 Å². The van der Waals surface area contributed by atoms with E-state index in [4.69, 9.17) is 44.8 Å². The number of benzene rings is 1. The first-order valence-corrected chi connectivity index (χ1v) is 13.3. The standard InChI is InChI=1S/C26H40ClNO12/c1-13(29)28-16-10-14(6-7-15(16)27)11-36-25-22(33)20(31)23(18(38-25)12-34-4)39-24(35-5)21(32)19(30)17-8-9-37-26(2,3)40-17/h6-7,10,17-25,30-33H,8-9,11-12H2,1-5H3,(H,28,29).